The Hall–Kier alpha value is -1.39. The molecule has 0 spiro atoms. The number of aryl methyl sites for hydroxylation is 2. The van der Waals surface area contributed by atoms with Crippen molar-refractivity contribution in [1.29, 1.82) is 0 Å². The summed E-state index contributed by atoms with van der Waals surface area (Å²) in [5, 5.41) is 1.99. The summed E-state index contributed by atoms with van der Waals surface area (Å²) in [6, 6.07) is 5.65. The Bertz CT molecular complexity index is 601. The number of aromatic amines is 1. The van der Waals surface area contributed by atoms with E-state index in [0.717, 1.165) is 23.4 Å². The maximum Gasteiger partial charge on any atom is 0.253 e. The number of pyridine rings is 1. The van der Waals surface area contributed by atoms with Gasteiger partial charge in [0, 0.05) is 16.1 Å². The average Bonchev–Trinajstić information content (AvgIpc) is 2.91. The van der Waals surface area contributed by atoms with Crippen molar-refractivity contribution >= 4 is 11.3 Å². The van der Waals surface area contributed by atoms with Crippen LogP contribution in [0.15, 0.2) is 28.4 Å². The van der Waals surface area contributed by atoms with Crippen molar-refractivity contribution in [3.8, 4) is 0 Å². The molecule has 1 unspecified atom stereocenters. The van der Waals surface area contributed by atoms with Gasteiger partial charge >= 0.3 is 0 Å². The van der Waals surface area contributed by atoms with Crippen LogP contribution in [-0.4, -0.2) is 4.98 Å². The third-order valence-electron chi connectivity index (χ3n) is 3.55. The molecule has 1 aliphatic carbocycles. The fourth-order valence-corrected chi connectivity index (χ4v) is 3.29. The van der Waals surface area contributed by atoms with Crippen molar-refractivity contribution < 1.29 is 0 Å². The Morgan fingerprint density at radius 1 is 1.33 bits per heavy atom. The second kappa shape index (κ2) is 4.71. The van der Waals surface area contributed by atoms with Crippen LogP contribution in [0.3, 0.4) is 0 Å². The fraction of sp³-hybridized carbons (Fsp3) is 0.357. The monoisotopic (exact) mass is 260 g/mol. The highest BCUT2D eigenvalue weighted by molar-refractivity contribution is 7.10. The van der Waals surface area contributed by atoms with E-state index >= 15 is 0 Å². The van der Waals surface area contributed by atoms with Gasteiger partial charge in [-0.2, -0.15) is 0 Å². The number of aromatic nitrogens is 1. The molecule has 4 heteroatoms. The molecule has 3 nitrogen and oxygen atoms in total. The number of thiophene rings is 1. The lowest BCUT2D eigenvalue weighted by atomic mass is 9.93. The second-order valence-electron chi connectivity index (χ2n) is 4.76. The van der Waals surface area contributed by atoms with Gasteiger partial charge in [0.15, 0.2) is 0 Å². The number of fused-ring (bicyclic) bond motifs is 1. The highest BCUT2D eigenvalue weighted by Crippen LogP contribution is 2.25. The lowest BCUT2D eigenvalue weighted by molar-refractivity contribution is 0.660. The van der Waals surface area contributed by atoms with Crippen molar-refractivity contribution in [2.45, 2.75) is 31.7 Å². The van der Waals surface area contributed by atoms with E-state index in [1.54, 1.807) is 11.3 Å². The molecule has 0 saturated heterocycles. The molecule has 1 atom stereocenters. The standard InChI is InChI=1S/C14H16N2OS/c15-13(12-6-3-7-18-12)10-8-9-4-1-2-5-11(9)16-14(10)17/h3,6-8,13H,1-2,4-5,15H2,(H,16,17). The highest BCUT2D eigenvalue weighted by Gasteiger charge is 2.18. The second-order valence-corrected chi connectivity index (χ2v) is 5.74. The smallest absolute Gasteiger partial charge is 0.253 e. The van der Waals surface area contributed by atoms with Gasteiger partial charge in [-0.15, -0.1) is 11.3 Å². The van der Waals surface area contributed by atoms with Crippen LogP contribution in [0.5, 0.6) is 0 Å². The van der Waals surface area contributed by atoms with E-state index in [9.17, 15) is 4.79 Å². The Morgan fingerprint density at radius 2 is 2.17 bits per heavy atom. The largest absolute Gasteiger partial charge is 0.326 e. The van der Waals surface area contributed by atoms with Crippen LogP contribution in [0, 0.1) is 0 Å². The maximum atomic E-state index is 12.1. The fourth-order valence-electron chi connectivity index (χ4n) is 2.55. The zero-order valence-corrected chi connectivity index (χ0v) is 10.9. The molecule has 0 aliphatic heterocycles. The quantitative estimate of drug-likeness (QED) is 0.871. The Balaban J connectivity index is 2.04. The minimum Gasteiger partial charge on any atom is -0.326 e. The summed E-state index contributed by atoms with van der Waals surface area (Å²) in [5.41, 5.74) is 9.22. The van der Waals surface area contributed by atoms with E-state index < -0.39 is 0 Å². The molecule has 0 saturated carbocycles. The van der Waals surface area contributed by atoms with Crippen molar-refractivity contribution in [1.82, 2.24) is 4.98 Å². The minimum atomic E-state index is -0.305. The molecule has 0 radical (unpaired) electrons. The first kappa shape index (κ1) is 11.7. The van der Waals surface area contributed by atoms with Crippen molar-refractivity contribution in [3.63, 3.8) is 0 Å². The summed E-state index contributed by atoms with van der Waals surface area (Å²) in [6.45, 7) is 0. The van der Waals surface area contributed by atoms with Gasteiger partial charge in [0.1, 0.15) is 0 Å². The van der Waals surface area contributed by atoms with Crippen LogP contribution in [0.1, 0.15) is 40.6 Å². The van der Waals surface area contributed by atoms with Crippen LogP contribution in [0.4, 0.5) is 0 Å². The van der Waals surface area contributed by atoms with Gasteiger partial charge in [0.25, 0.3) is 5.56 Å². The molecule has 0 amide bonds. The number of nitrogens with two attached hydrogens (primary N) is 1. The average molecular weight is 260 g/mol. The summed E-state index contributed by atoms with van der Waals surface area (Å²) in [5.74, 6) is 0. The molecular weight excluding hydrogens is 244 g/mol. The zero-order valence-electron chi connectivity index (χ0n) is 10.1. The third kappa shape index (κ3) is 2.02. The molecule has 3 rings (SSSR count). The predicted octanol–water partition coefficient (Wildman–Crippen LogP) is 2.36. The number of hydrogen-bond donors (Lipinski definition) is 2. The zero-order chi connectivity index (χ0) is 12.5. The number of H-pyrrole nitrogens is 1. The summed E-state index contributed by atoms with van der Waals surface area (Å²) in [6.07, 6.45) is 4.40. The van der Waals surface area contributed by atoms with E-state index in [1.165, 1.54) is 18.4 Å². The third-order valence-corrected chi connectivity index (χ3v) is 4.51. The van der Waals surface area contributed by atoms with Gasteiger partial charge in [-0.25, -0.2) is 0 Å². The van der Waals surface area contributed by atoms with Crippen LogP contribution in [-0.2, 0) is 12.8 Å². The van der Waals surface area contributed by atoms with Crippen LogP contribution >= 0.6 is 11.3 Å². The molecular formula is C14H16N2OS. The van der Waals surface area contributed by atoms with Crippen LogP contribution < -0.4 is 11.3 Å². The van der Waals surface area contributed by atoms with Crippen molar-refractivity contribution in [3.05, 3.63) is 55.6 Å². The predicted molar refractivity (Wildman–Crippen MR) is 74.1 cm³/mol. The van der Waals surface area contributed by atoms with Gasteiger partial charge in [-0.3, -0.25) is 4.79 Å². The molecule has 3 N–H and O–H groups in total. The lowest BCUT2D eigenvalue weighted by Gasteiger charge is -2.18. The normalized spacial score (nSPS) is 16.3. The van der Waals surface area contributed by atoms with Crippen molar-refractivity contribution in [2.75, 3.05) is 0 Å². The van der Waals surface area contributed by atoms with Crippen molar-refractivity contribution in [2.24, 2.45) is 5.73 Å². The van der Waals surface area contributed by atoms with Gasteiger partial charge in [-0.05, 0) is 48.8 Å². The Morgan fingerprint density at radius 3 is 2.94 bits per heavy atom. The van der Waals surface area contributed by atoms with E-state index in [0.29, 0.717) is 5.56 Å². The molecule has 18 heavy (non-hydrogen) atoms. The van der Waals surface area contributed by atoms with Crippen LogP contribution in [0.2, 0.25) is 0 Å². The highest BCUT2D eigenvalue weighted by atomic mass is 32.1. The molecule has 2 heterocycles. The molecule has 2 aromatic heterocycles. The molecule has 2 aromatic rings. The number of rotatable bonds is 2. The Labute approximate surface area is 110 Å². The van der Waals surface area contributed by atoms with E-state index in [4.69, 9.17) is 5.73 Å². The number of nitrogens with one attached hydrogen (secondary N) is 1. The summed E-state index contributed by atoms with van der Waals surface area (Å²) >= 11 is 1.59. The molecule has 0 aromatic carbocycles. The Kier molecular flexibility index (Phi) is 3.06. The summed E-state index contributed by atoms with van der Waals surface area (Å²) in [4.78, 5) is 16.1. The van der Waals surface area contributed by atoms with E-state index in [-0.39, 0.29) is 11.6 Å². The van der Waals surface area contributed by atoms with Gasteiger partial charge in [-0.1, -0.05) is 6.07 Å². The topological polar surface area (TPSA) is 58.9 Å². The first-order valence-electron chi connectivity index (χ1n) is 6.29. The molecule has 0 bridgehead atoms. The SMILES string of the molecule is NC(c1cccs1)c1cc2c([nH]c1=O)CCCC2. The van der Waals surface area contributed by atoms with Gasteiger partial charge < -0.3 is 10.7 Å². The minimum absolute atomic E-state index is 0.0310. The summed E-state index contributed by atoms with van der Waals surface area (Å²) < 4.78 is 0. The number of hydrogen-bond acceptors (Lipinski definition) is 3. The summed E-state index contributed by atoms with van der Waals surface area (Å²) in [7, 11) is 0. The van der Waals surface area contributed by atoms with Gasteiger partial charge in [0.05, 0.1) is 6.04 Å². The molecule has 94 valence electrons. The first-order valence-corrected chi connectivity index (χ1v) is 7.17. The maximum absolute atomic E-state index is 12.1. The van der Waals surface area contributed by atoms with Gasteiger partial charge in [0.2, 0.25) is 0 Å². The molecule has 1 aliphatic rings. The van der Waals surface area contributed by atoms with E-state index in [2.05, 4.69) is 4.98 Å². The lowest BCUT2D eigenvalue weighted by Crippen LogP contribution is -2.25. The first-order chi connectivity index (χ1) is 8.75. The molecule has 0 fully saturated rings. The van der Waals surface area contributed by atoms with Crippen LogP contribution in [0.25, 0.3) is 0 Å². The van der Waals surface area contributed by atoms with E-state index in [1.807, 2.05) is 23.6 Å².